The molecule has 118 valence electrons. The molecule has 2 atom stereocenters. The first-order valence-corrected chi connectivity index (χ1v) is 7.81. The zero-order valence-corrected chi connectivity index (χ0v) is 13.1. The van der Waals surface area contributed by atoms with Crippen molar-refractivity contribution in [2.24, 2.45) is 10.7 Å². The van der Waals surface area contributed by atoms with E-state index in [2.05, 4.69) is 10.3 Å². The number of nitrogens with zero attached hydrogens (tertiary/aromatic N) is 1. The van der Waals surface area contributed by atoms with Crippen molar-refractivity contribution in [3.8, 4) is 11.5 Å². The number of benzene rings is 2. The van der Waals surface area contributed by atoms with Crippen LogP contribution in [0.1, 0.15) is 29.6 Å². The quantitative estimate of drug-likeness (QED) is 0.888. The Balaban J connectivity index is 1.61. The van der Waals surface area contributed by atoms with E-state index >= 15 is 0 Å². The number of nitrogens with one attached hydrogen (secondary N) is 1. The molecule has 5 nitrogen and oxygen atoms in total. The van der Waals surface area contributed by atoms with Gasteiger partial charge in [-0.2, -0.15) is 0 Å². The molecule has 0 radical (unpaired) electrons. The minimum absolute atomic E-state index is 0.0218. The van der Waals surface area contributed by atoms with Gasteiger partial charge in [-0.3, -0.25) is 0 Å². The lowest BCUT2D eigenvalue weighted by molar-refractivity contribution is 0.174. The molecule has 2 aliphatic rings. The monoisotopic (exact) mass is 329 g/mol. The molecule has 2 aromatic carbocycles. The molecule has 2 aromatic rings. The van der Waals surface area contributed by atoms with E-state index in [1.54, 1.807) is 0 Å². The van der Waals surface area contributed by atoms with E-state index in [9.17, 15) is 0 Å². The largest absolute Gasteiger partial charge is 0.454 e. The Labute approximate surface area is 139 Å². The van der Waals surface area contributed by atoms with Crippen molar-refractivity contribution in [2.75, 3.05) is 6.79 Å². The predicted molar refractivity (Wildman–Crippen MR) is 88.9 cm³/mol. The van der Waals surface area contributed by atoms with Crippen molar-refractivity contribution >= 4 is 17.6 Å². The molecule has 0 fully saturated rings. The SMILES string of the molecule is NC1=NC(c2ccc3c(c2)OCO3)CC(c2ccc(Cl)cc2)N1. The number of ether oxygens (including phenoxy) is 2. The van der Waals surface area contributed by atoms with Gasteiger partial charge in [-0.15, -0.1) is 0 Å². The van der Waals surface area contributed by atoms with Crippen LogP contribution >= 0.6 is 11.6 Å². The molecule has 0 aromatic heterocycles. The van der Waals surface area contributed by atoms with Crippen molar-refractivity contribution in [3.05, 3.63) is 58.6 Å². The molecule has 0 amide bonds. The molecule has 2 aliphatic heterocycles. The maximum atomic E-state index is 5.99. The van der Waals surface area contributed by atoms with E-state index < -0.39 is 0 Å². The number of hydrogen-bond donors (Lipinski definition) is 2. The van der Waals surface area contributed by atoms with Gasteiger partial charge in [-0.05, 0) is 41.8 Å². The number of fused-ring (bicyclic) bond motifs is 1. The number of aliphatic imine (C=N–C) groups is 1. The summed E-state index contributed by atoms with van der Waals surface area (Å²) >= 11 is 5.96. The van der Waals surface area contributed by atoms with E-state index in [0.717, 1.165) is 34.1 Å². The Bertz CT molecular complexity index is 761. The molecule has 2 heterocycles. The molecule has 0 spiro atoms. The highest BCUT2D eigenvalue weighted by Crippen LogP contribution is 2.38. The van der Waals surface area contributed by atoms with Crippen LogP contribution in [-0.2, 0) is 0 Å². The molecule has 4 rings (SSSR count). The van der Waals surface area contributed by atoms with Gasteiger partial charge in [-0.25, -0.2) is 4.99 Å². The molecule has 2 unspecified atom stereocenters. The zero-order chi connectivity index (χ0) is 15.8. The van der Waals surface area contributed by atoms with E-state index in [1.807, 2.05) is 42.5 Å². The molecule has 0 aliphatic carbocycles. The minimum atomic E-state index is -0.0218. The summed E-state index contributed by atoms with van der Waals surface area (Å²) in [7, 11) is 0. The van der Waals surface area contributed by atoms with Crippen LogP contribution in [0.5, 0.6) is 11.5 Å². The van der Waals surface area contributed by atoms with Crippen molar-refractivity contribution in [3.63, 3.8) is 0 Å². The van der Waals surface area contributed by atoms with Gasteiger partial charge in [0.15, 0.2) is 17.5 Å². The standard InChI is InChI=1S/C17H16ClN3O2/c18-12-4-1-10(2-5-12)13-8-14(21-17(19)20-13)11-3-6-15-16(7-11)23-9-22-15/h1-7,13-14H,8-9H2,(H3,19,20,21). The van der Waals surface area contributed by atoms with E-state index in [4.69, 9.17) is 26.8 Å². The van der Waals surface area contributed by atoms with Gasteiger partial charge in [-0.1, -0.05) is 29.8 Å². The highest BCUT2D eigenvalue weighted by atomic mass is 35.5. The van der Waals surface area contributed by atoms with Gasteiger partial charge in [0.25, 0.3) is 0 Å². The van der Waals surface area contributed by atoms with Gasteiger partial charge < -0.3 is 20.5 Å². The number of guanidine groups is 1. The zero-order valence-electron chi connectivity index (χ0n) is 12.3. The van der Waals surface area contributed by atoms with E-state index in [1.165, 1.54) is 0 Å². The predicted octanol–water partition coefficient (Wildman–Crippen LogP) is 3.16. The molecule has 6 heteroatoms. The van der Waals surface area contributed by atoms with Crippen LogP contribution in [0.4, 0.5) is 0 Å². The first kappa shape index (κ1) is 14.2. The topological polar surface area (TPSA) is 68.9 Å². The molecule has 0 saturated carbocycles. The third-order valence-electron chi connectivity index (χ3n) is 4.13. The third kappa shape index (κ3) is 2.80. The Kier molecular flexibility index (Phi) is 3.50. The molecule has 0 saturated heterocycles. The molecule has 0 bridgehead atoms. The first-order valence-electron chi connectivity index (χ1n) is 7.44. The van der Waals surface area contributed by atoms with Gasteiger partial charge in [0, 0.05) is 5.02 Å². The van der Waals surface area contributed by atoms with Crippen LogP contribution < -0.4 is 20.5 Å². The lowest BCUT2D eigenvalue weighted by Crippen LogP contribution is -2.39. The lowest BCUT2D eigenvalue weighted by Gasteiger charge is -2.29. The number of hydrogen-bond acceptors (Lipinski definition) is 5. The summed E-state index contributed by atoms with van der Waals surface area (Å²) in [6.07, 6.45) is 0.808. The van der Waals surface area contributed by atoms with Gasteiger partial charge in [0.1, 0.15) is 0 Å². The van der Waals surface area contributed by atoms with Crippen molar-refractivity contribution in [2.45, 2.75) is 18.5 Å². The fourth-order valence-electron chi connectivity index (χ4n) is 2.96. The summed E-state index contributed by atoms with van der Waals surface area (Å²) in [6, 6.07) is 13.8. The molecule has 23 heavy (non-hydrogen) atoms. The van der Waals surface area contributed by atoms with Crippen LogP contribution in [0.15, 0.2) is 47.5 Å². The first-order chi connectivity index (χ1) is 11.2. The Hall–Kier alpha value is -2.40. The second kappa shape index (κ2) is 5.66. The highest BCUT2D eigenvalue weighted by Gasteiger charge is 2.26. The summed E-state index contributed by atoms with van der Waals surface area (Å²) in [5.74, 6) is 1.98. The average molecular weight is 330 g/mol. The molecular formula is C17H16ClN3O2. The summed E-state index contributed by atoms with van der Waals surface area (Å²) in [6.45, 7) is 0.268. The Morgan fingerprint density at radius 1 is 1.04 bits per heavy atom. The van der Waals surface area contributed by atoms with Gasteiger partial charge in [0.2, 0.25) is 6.79 Å². The smallest absolute Gasteiger partial charge is 0.231 e. The average Bonchev–Trinajstić information content (AvgIpc) is 3.02. The van der Waals surface area contributed by atoms with Crippen molar-refractivity contribution < 1.29 is 9.47 Å². The summed E-state index contributed by atoms with van der Waals surface area (Å²) in [4.78, 5) is 4.53. The second-order valence-corrected chi connectivity index (χ2v) is 6.06. The highest BCUT2D eigenvalue weighted by molar-refractivity contribution is 6.30. The maximum absolute atomic E-state index is 5.99. The van der Waals surface area contributed by atoms with Crippen molar-refractivity contribution in [1.29, 1.82) is 0 Å². The van der Waals surface area contributed by atoms with Crippen LogP contribution in [0.2, 0.25) is 5.02 Å². The van der Waals surface area contributed by atoms with E-state index in [0.29, 0.717) is 5.96 Å². The number of halogens is 1. The van der Waals surface area contributed by atoms with Crippen LogP contribution in [0.25, 0.3) is 0 Å². The Morgan fingerprint density at radius 2 is 1.78 bits per heavy atom. The lowest BCUT2D eigenvalue weighted by atomic mass is 9.93. The normalized spacial score (nSPS) is 22.4. The molecular weight excluding hydrogens is 314 g/mol. The van der Waals surface area contributed by atoms with Crippen LogP contribution in [0.3, 0.4) is 0 Å². The fourth-order valence-corrected chi connectivity index (χ4v) is 3.09. The van der Waals surface area contributed by atoms with Crippen molar-refractivity contribution in [1.82, 2.24) is 5.32 Å². The van der Waals surface area contributed by atoms with Gasteiger partial charge >= 0.3 is 0 Å². The summed E-state index contributed by atoms with van der Waals surface area (Å²) in [5, 5.41) is 3.95. The minimum Gasteiger partial charge on any atom is -0.454 e. The second-order valence-electron chi connectivity index (χ2n) is 5.63. The molecule has 3 N–H and O–H groups in total. The van der Waals surface area contributed by atoms with Crippen LogP contribution in [-0.4, -0.2) is 12.8 Å². The number of nitrogens with two attached hydrogens (primary N) is 1. The third-order valence-corrected chi connectivity index (χ3v) is 4.38. The van der Waals surface area contributed by atoms with Gasteiger partial charge in [0.05, 0.1) is 12.1 Å². The van der Waals surface area contributed by atoms with E-state index in [-0.39, 0.29) is 18.9 Å². The Morgan fingerprint density at radius 3 is 2.61 bits per heavy atom. The number of rotatable bonds is 2. The summed E-state index contributed by atoms with van der Waals surface area (Å²) < 4.78 is 10.8. The fraction of sp³-hybridized carbons (Fsp3) is 0.235. The maximum Gasteiger partial charge on any atom is 0.231 e. The van der Waals surface area contributed by atoms with Crippen LogP contribution in [0, 0.1) is 0 Å². The summed E-state index contributed by atoms with van der Waals surface area (Å²) in [5.41, 5.74) is 8.19.